The highest BCUT2D eigenvalue weighted by Gasteiger charge is 2.48. The summed E-state index contributed by atoms with van der Waals surface area (Å²) < 4.78 is 23.4. The van der Waals surface area contributed by atoms with Crippen LogP contribution in [0, 0.1) is 0 Å². The normalized spacial score (nSPS) is 21.4. The second-order valence-electron chi connectivity index (χ2n) is 7.03. The number of benzene rings is 1. The summed E-state index contributed by atoms with van der Waals surface area (Å²) >= 11 is 0. The molecule has 2 atom stereocenters. The molecule has 144 valence electrons. The Morgan fingerprint density at radius 1 is 1.26 bits per heavy atom. The first kappa shape index (κ1) is 19.2. The number of allylic oxidation sites excluding steroid dienone is 1. The lowest BCUT2D eigenvalue weighted by molar-refractivity contribution is -0.179. The van der Waals surface area contributed by atoms with Crippen molar-refractivity contribution in [1.82, 2.24) is 0 Å². The zero-order chi connectivity index (χ0) is 19.8. The molecule has 2 aromatic rings. The molecular formula is C21H24O6. The minimum atomic E-state index is -0.834. The first-order valence-corrected chi connectivity index (χ1v) is 8.99. The van der Waals surface area contributed by atoms with Crippen molar-refractivity contribution < 1.29 is 23.4 Å². The van der Waals surface area contributed by atoms with Crippen molar-refractivity contribution in [2.45, 2.75) is 52.4 Å². The Bertz CT molecular complexity index is 953. The van der Waals surface area contributed by atoms with E-state index in [1.54, 1.807) is 26.0 Å². The molecule has 0 aliphatic carbocycles. The van der Waals surface area contributed by atoms with Gasteiger partial charge in [0.15, 0.2) is 6.10 Å². The topological polar surface area (TPSA) is 75.0 Å². The number of carbonyl (C=O) groups is 1. The highest BCUT2D eigenvalue weighted by atomic mass is 16.6. The van der Waals surface area contributed by atoms with Gasteiger partial charge in [-0.15, -0.1) is 0 Å². The Kier molecular flexibility index (Phi) is 5.11. The lowest BCUT2D eigenvalue weighted by atomic mass is 9.87. The lowest BCUT2D eigenvalue weighted by Crippen LogP contribution is -2.52. The summed E-state index contributed by atoms with van der Waals surface area (Å²) in [4.78, 5) is 24.2. The van der Waals surface area contributed by atoms with Crippen LogP contribution in [0.3, 0.4) is 0 Å². The van der Waals surface area contributed by atoms with Crippen molar-refractivity contribution in [1.29, 1.82) is 0 Å². The van der Waals surface area contributed by atoms with E-state index in [4.69, 9.17) is 18.6 Å². The van der Waals surface area contributed by atoms with Gasteiger partial charge in [-0.1, -0.05) is 6.08 Å². The van der Waals surface area contributed by atoms with Gasteiger partial charge in [0.1, 0.15) is 23.0 Å². The second-order valence-corrected chi connectivity index (χ2v) is 7.03. The van der Waals surface area contributed by atoms with Crippen molar-refractivity contribution in [2.24, 2.45) is 0 Å². The van der Waals surface area contributed by atoms with Gasteiger partial charge < -0.3 is 18.6 Å². The fourth-order valence-electron chi connectivity index (χ4n) is 3.23. The van der Waals surface area contributed by atoms with Crippen LogP contribution in [0.5, 0.6) is 5.75 Å². The molecule has 0 saturated carbocycles. The average Bonchev–Trinajstić information content (AvgIpc) is 2.62. The van der Waals surface area contributed by atoms with Crippen molar-refractivity contribution in [3.05, 3.63) is 51.9 Å². The van der Waals surface area contributed by atoms with Crippen LogP contribution in [-0.4, -0.2) is 24.3 Å². The summed E-state index contributed by atoms with van der Waals surface area (Å²) in [6.07, 6.45) is 0.344. The molecule has 0 unspecified atom stereocenters. The molecule has 3 rings (SSSR count). The van der Waals surface area contributed by atoms with Gasteiger partial charge in [0.25, 0.3) is 0 Å². The Balaban J connectivity index is 2.18. The van der Waals surface area contributed by atoms with Gasteiger partial charge in [0, 0.05) is 23.6 Å². The number of ether oxygens (including phenoxy) is 3. The quantitative estimate of drug-likeness (QED) is 0.460. The molecule has 0 saturated heterocycles. The van der Waals surface area contributed by atoms with Crippen molar-refractivity contribution in [3.8, 4) is 5.75 Å². The maximum absolute atomic E-state index is 12.4. The lowest BCUT2D eigenvalue weighted by Gasteiger charge is -2.43. The van der Waals surface area contributed by atoms with Crippen LogP contribution in [0.25, 0.3) is 11.0 Å². The van der Waals surface area contributed by atoms with Crippen LogP contribution in [0.2, 0.25) is 0 Å². The third-order valence-corrected chi connectivity index (χ3v) is 4.74. The van der Waals surface area contributed by atoms with Crippen LogP contribution in [0.4, 0.5) is 0 Å². The van der Waals surface area contributed by atoms with Gasteiger partial charge in [0.2, 0.25) is 0 Å². The summed E-state index contributed by atoms with van der Waals surface area (Å²) in [7, 11) is 0. The number of esters is 1. The highest BCUT2D eigenvalue weighted by Crippen LogP contribution is 2.46. The van der Waals surface area contributed by atoms with Gasteiger partial charge in [0.05, 0.1) is 5.56 Å². The zero-order valence-electron chi connectivity index (χ0n) is 16.2. The molecule has 6 heteroatoms. The summed E-state index contributed by atoms with van der Waals surface area (Å²) in [5.41, 5.74) is 0.171. The molecule has 2 heterocycles. The minimum Gasteiger partial charge on any atom is -0.483 e. The van der Waals surface area contributed by atoms with Crippen molar-refractivity contribution in [3.63, 3.8) is 0 Å². The van der Waals surface area contributed by atoms with Crippen molar-refractivity contribution >= 4 is 16.9 Å². The summed E-state index contributed by atoms with van der Waals surface area (Å²) in [6.45, 7) is 9.41. The molecule has 6 nitrogen and oxygen atoms in total. The Morgan fingerprint density at radius 3 is 2.63 bits per heavy atom. The first-order chi connectivity index (χ1) is 12.8. The Morgan fingerprint density at radius 2 is 1.96 bits per heavy atom. The minimum absolute atomic E-state index is 0.387. The Hall–Kier alpha value is -2.60. The molecule has 0 amide bonds. The number of hydrogen-bond acceptors (Lipinski definition) is 6. The molecule has 1 aliphatic rings. The molecular weight excluding hydrogens is 348 g/mol. The molecule has 27 heavy (non-hydrogen) atoms. The van der Waals surface area contributed by atoms with Crippen LogP contribution in [0.1, 0.15) is 46.3 Å². The fourth-order valence-corrected chi connectivity index (χ4v) is 3.23. The van der Waals surface area contributed by atoms with E-state index in [-0.39, 0.29) is 0 Å². The van der Waals surface area contributed by atoms with Gasteiger partial charge in [-0.3, -0.25) is 0 Å². The molecule has 0 spiro atoms. The van der Waals surface area contributed by atoms with Gasteiger partial charge in [-0.2, -0.15) is 0 Å². The largest absolute Gasteiger partial charge is 0.483 e. The van der Waals surface area contributed by atoms with E-state index in [9.17, 15) is 9.59 Å². The van der Waals surface area contributed by atoms with E-state index in [1.165, 1.54) is 6.07 Å². The molecule has 0 radical (unpaired) electrons. The standard InChI is InChI=1S/C21H24O6/c1-6-12(3)20(23)26-19-18(24-7-2)16-14(27-21(19,4)5)10-8-13-9-11-15(22)25-17(13)16/h6,8-11,18-19H,7H2,1-5H3/b12-6+/t18-,19-/m1/s1. The predicted molar refractivity (Wildman–Crippen MR) is 101 cm³/mol. The number of carbonyl (C=O) groups excluding carboxylic acids is 1. The van der Waals surface area contributed by atoms with E-state index >= 15 is 0 Å². The summed E-state index contributed by atoms with van der Waals surface area (Å²) in [5, 5.41) is 0.746. The van der Waals surface area contributed by atoms with Crippen LogP contribution >= 0.6 is 0 Å². The first-order valence-electron chi connectivity index (χ1n) is 8.99. The third kappa shape index (κ3) is 3.49. The van der Waals surface area contributed by atoms with Gasteiger partial charge >= 0.3 is 11.6 Å². The van der Waals surface area contributed by atoms with E-state index < -0.39 is 29.4 Å². The number of rotatable bonds is 4. The van der Waals surface area contributed by atoms with Gasteiger partial charge in [-0.25, -0.2) is 9.59 Å². The monoisotopic (exact) mass is 372 g/mol. The van der Waals surface area contributed by atoms with Crippen molar-refractivity contribution in [2.75, 3.05) is 6.61 Å². The summed E-state index contributed by atoms with van der Waals surface area (Å²) in [6, 6.07) is 6.70. The number of hydrogen-bond donors (Lipinski definition) is 0. The van der Waals surface area contributed by atoms with E-state index in [1.807, 2.05) is 32.9 Å². The van der Waals surface area contributed by atoms with E-state index in [2.05, 4.69) is 0 Å². The highest BCUT2D eigenvalue weighted by molar-refractivity contribution is 5.88. The average molecular weight is 372 g/mol. The number of fused-ring (bicyclic) bond motifs is 3. The molecule has 0 N–H and O–H groups in total. The third-order valence-electron chi connectivity index (χ3n) is 4.74. The molecule has 0 fully saturated rings. The zero-order valence-corrected chi connectivity index (χ0v) is 16.2. The molecule has 1 aromatic carbocycles. The van der Waals surface area contributed by atoms with Gasteiger partial charge in [-0.05, 0) is 52.8 Å². The molecule has 1 aromatic heterocycles. The Labute approximate surface area is 157 Å². The fraction of sp³-hybridized carbons (Fsp3) is 0.429. The maximum atomic E-state index is 12.4. The predicted octanol–water partition coefficient (Wildman–Crippen LogP) is 3.92. The van der Waals surface area contributed by atoms with E-state index in [0.717, 1.165) is 5.39 Å². The molecule has 0 bridgehead atoms. The van der Waals surface area contributed by atoms with Crippen LogP contribution < -0.4 is 10.4 Å². The van der Waals surface area contributed by atoms with Crippen LogP contribution in [0.15, 0.2) is 45.1 Å². The SMILES string of the molecule is C/C=C(\C)C(=O)O[C@@H]1[C@H](OCC)c2c(ccc3ccc(=O)oc23)OC1(C)C. The van der Waals surface area contributed by atoms with Crippen LogP contribution in [-0.2, 0) is 14.3 Å². The second kappa shape index (κ2) is 7.19. The summed E-state index contributed by atoms with van der Waals surface area (Å²) in [5.74, 6) is 0.115. The molecule has 1 aliphatic heterocycles. The maximum Gasteiger partial charge on any atom is 0.336 e. The smallest absolute Gasteiger partial charge is 0.336 e. The van der Waals surface area contributed by atoms with E-state index in [0.29, 0.717) is 29.1 Å².